The first kappa shape index (κ1) is 18.4. The third-order valence-electron chi connectivity index (χ3n) is 3.63. The highest BCUT2D eigenvalue weighted by molar-refractivity contribution is 7.92. The minimum atomic E-state index is -3.70. The van der Waals surface area contributed by atoms with Crippen molar-refractivity contribution in [3.63, 3.8) is 0 Å². The number of benzene rings is 2. The van der Waals surface area contributed by atoms with Crippen molar-refractivity contribution in [3.8, 4) is 11.5 Å². The third kappa shape index (κ3) is 4.62. The highest BCUT2D eigenvalue weighted by atomic mass is 32.2. The van der Waals surface area contributed by atoms with Crippen LogP contribution in [0.1, 0.15) is 5.56 Å². The van der Waals surface area contributed by atoms with E-state index in [1.807, 2.05) is 0 Å². The second kappa shape index (κ2) is 7.88. The molecule has 3 rings (SSSR count). The first-order valence-electron chi connectivity index (χ1n) is 7.92. The van der Waals surface area contributed by atoms with Crippen molar-refractivity contribution in [2.45, 2.75) is 4.90 Å². The molecule has 0 amide bonds. The van der Waals surface area contributed by atoms with Gasteiger partial charge in [-0.25, -0.2) is 8.42 Å². The number of anilines is 1. The lowest BCUT2D eigenvalue weighted by atomic mass is 10.2. The van der Waals surface area contributed by atoms with E-state index in [1.165, 1.54) is 31.5 Å². The van der Waals surface area contributed by atoms with Crippen LogP contribution in [0, 0.1) is 0 Å². The van der Waals surface area contributed by atoms with E-state index >= 15 is 0 Å². The number of aliphatic imine (C=N–C) groups is 1. The molecule has 7 nitrogen and oxygen atoms in total. The third-order valence-corrected chi connectivity index (χ3v) is 5.02. The molecule has 0 aliphatic carbocycles. The number of pyridine rings is 1. The molecule has 0 bridgehead atoms. The summed E-state index contributed by atoms with van der Waals surface area (Å²) >= 11 is 0. The number of ether oxygens (including phenoxy) is 1. The molecule has 0 spiro atoms. The summed E-state index contributed by atoms with van der Waals surface area (Å²) < 4.78 is 32.3. The largest absolute Gasteiger partial charge is 0.504 e. The van der Waals surface area contributed by atoms with E-state index in [1.54, 1.807) is 48.8 Å². The lowest BCUT2D eigenvalue weighted by Gasteiger charge is -2.07. The molecule has 0 atom stereocenters. The Morgan fingerprint density at radius 3 is 2.59 bits per heavy atom. The number of methoxy groups -OCH3 is 1. The van der Waals surface area contributed by atoms with Gasteiger partial charge in [0.25, 0.3) is 10.0 Å². The van der Waals surface area contributed by atoms with Crippen molar-refractivity contribution in [2.24, 2.45) is 4.99 Å². The lowest BCUT2D eigenvalue weighted by molar-refractivity contribution is 0.373. The van der Waals surface area contributed by atoms with Gasteiger partial charge in [-0.2, -0.15) is 0 Å². The van der Waals surface area contributed by atoms with Crippen molar-refractivity contribution < 1.29 is 18.3 Å². The fourth-order valence-electron chi connectivity index (χ4n) is 2.27. The van der Waals surface area contributed by atoms with Crippen molar-refractivity contribution in [2.75, 3.05) is 11.8 Å². The minimum Gasteiger partial charge on any atom is -0.504 e. The van der Waals surface area contributed by atoms with Crippen LogP contribution in [0.2, 0.25) is 0 Å². The summed E-state index contributed by atoms with van der Waals surface area (Å²) in [5, 5.41) is 9.60. The number of hydrogen-bond acceptors (Lipinski definition) is 6. The van der Waals surface area contributed by atoms with Gasteiger partial charge in [0.15, 0.2) is 11.5 Å². The molecule has 2 aromatic carbocycles. The molecule has 1 heterocycles. The number of phenolic OH excluding ortho intramolecular Hbond substituents is 1. The molecule has 0 aliphatic heterocycles. The maximum absolute atomic E-state index is 12.4. The predicted molar refractivity (Wildman–Crippen MR) is 103 cm³/mol. The number of nitrogens with one attached hydrogen (secondary N) is 1. The van der Waals surface area contributed by atoms with Crippen molar-refractivity contribution in [1.82, 2.24) is 4.98 Å². The average molecular weight is 383 g/mol. The van der Waals surface area contributed by atoms with Gasteiger partial charge in [-0.3, -0.25) is 14.7 Å². The molecular formula is C19H17N3O4S. The minimum absolute atomic E-state index is 0.0466. The van der Waals surface area contributed by atoms with E-state index in [9.17, 15) is 13.5 Å². The van der Waals surface area contributed by atoms with Crippen LogP contribution in [0.15, 0.2) is 76.9 Å². The van der Waals surface area contributed by atoms with Crippen LogP contribution < -0.4 is 9.46 Å². The van der Waals surface area contributed by atoms with Crippen molar-refractivity contribution >= 4 is 27.6 Å². The van der Waals surface area contributed by atoms with Crippen LogP contribution in [0.5, 0.6) is 11.5 Å². The maximum atomic E-state index is 12.4. The Kier molecular flexibility index (Phi) is 5.37. The number of phenols is 1. The molecule has 0 unspecified atom stereocenters. The monoisotopic (exact) mass is 383 g/mol. The van der Waals surface area contributed by atoms with Gasteiger partial charge in [0, 0.05) is 12.4 Å². The molecule has 0 aliphatic rings. The quantitative estimate of drug-likeness (QED) is 0.636. The number of nitrogens with zero attached hydrogens (tertiary/aromatic N) is 2. The van der Waals surface area contributed by atoms with Crippen LogP contribution in [0.3, 0.4) is 0 Å². The summed E-state index contributed by atoms with van der Waals surface area (Å²) in [4.78, 5) is 8.30. The van der Waals surface area contributed by atoms with Gasteiger partial charge in [0.1, 0.15) is 0 Å². The molecule has 27 heavy (non-hydrogen) atoms. The van der Waals surface area contributed by atoms with Crippen LogP contribution in [-0.4, -0.2) is 31.8 Å². The van der Waals surface area contributed by atoms with Gasteiger partial charge in [0.05, 0.1) is 29.6 Å². The molecule has 0 fully saturated rings. The van der Waals surface area contributed by atoms with E-state index in [0.717, 1.165) is 5.56 Å². The molecule has 0 saturated heterocycles. The summed E-state index contributed by atoms with van der Waals surface area (Å²) in [5.41, 5.74) is 1.71. The van der Waals surface area contributed by atoms with E-state index in [-0.39, 0.29) is 10.6 Å². The Morgan fingerprint density at radius 1 is 1.15 bits per heavy atom. The maximum Gasteiger partial charge on any atom is 0.261 e. The molecule has 1 aromatic heterocycles. The fraction of sp³-hybridized carbons (Fsp3) is 0.0526. The van der Waals surface area contributed by atoms with Crippen LogP contribution in [-0.2, 0) is 10.0 Å². The molecule has 0 saturated carbocycles. The van der Waals surface area contributed by atoms with Gasteiger partial charge >= 0.3 is 0 Å². The zero-order valence-corrected chi connectivity index (χ0v) is 15.2. The highest BCUT2D eigenvalue weighted by Crippen LogP contribution is 2.26. The van der Waals surface area contributed by atoms with E-state index in [0.29, 0.717) is 17.1 Å². The second-order valence-corrected chi connectivity index (χ2v) is 7.21. The first-order chi connectivity index (χ1) is 13.0. The number of aromatic hydroxyl groups is 1. The molecule has 3 aromatic rings. The Hall–Kier alpha value is -3.39. The molecule has 8 heteroatoms. The zero-order valence-electron chi connectivity index (χ0n) is 14.4. The molecule has 138 valence electrons. The van der Waals surface area contributed by atoms with Gasteiger partial charge in [-0.1, -0.05) is 0 Å². The predicted octanol–water partition coefficient (Wildman–Crippen LogP) is 3.35. The van der Waals surface area contributed by atoms with Crippen LogP contribution >= 0.6 is 0 Å². The fourth-order valence-corrected chi connectivity index (χ4v) is 3.32. The van der Waals surface area contributed by atoms with E-state index < -0.39 is 10.0 Å². The standard InChI is InChI=1S/C19H17N3O4S/c1-26-19-11-14(4-9-18(19)23)12-21-15-5-7-17(8-6-15)27(24,25)22-16-3-2-10-20-13-16/h2-13,22-23H,1H3. The van der Waals surface area contributed by atoms with E-state index in [2.05, 4.69) is 14.7 Å². The lowest BCUT2D eigenvalue weighted by Crippen LogP contribution is -2.12. The van der Waals surface area contributed by atoms with Gasteiger partial charge in [-0.05, 0) is 60.2 Å². The Bertz CT molecular complexity index is 1050. The number of rotatable bonds is 6. The van der Waals surface area contributed by atoms with Gasteiger partial charge < -0.3 is 9.84 Å². The Balaban J connectivity index is 1.75. The number of hydrogen-bond donors (Lipinski definition) is 2. The molecule has 0 radical (unpaired) electrons. The summed E-state index contributed by atoms with van der Waals surface area (Å²) in [6, 6.07) is 14.3. The molecule has 2 N–H and O–H groups in total. The van der Waals surface area contributed by atoms with Crippen LogP contribution in [0.25, 0.3) is 0 Å². The first-order valence-corrected chi connectivity index (χ1v) is 9.40. The van der Waals surface area contributed by atoms with Crippen molar-refractivity contribution in [1.29, 1.82) is 0 Å². The van der Waals surface area contributed by atoms with Gasteiger partial charge in [0.2, 0.25) is 0 Å². The SMILES string of the molecule is COc1cc(C=Nc2ccc(S(=O)(=O)Nc3cccnc3)cc2)ccc1O. The zero-order chi connectivity index (χ0) is 19.3. The smallest absolute Gasteiger partial charge is 0.261 e. The second-order valence-electron chi connectivity index (χ2n) is 5.53. The summed E-state index contributed by atoms with van der Waals surface area (Å²) in [7, 11) is -2.23. The number of sulfonamides is 1. The Labute approximate surface area is 157 Å². The topological polar surface area (TPSA) is 101 Å². The average Bonchev–Trinajstić information content (AvgIpc) is 2.68. The van der Waals surface area contributed by atoms with Crippen molar-refractivity contribution in [3.05, 3.63) is 72.6 Å². The normalized spacial score (nSPS) is 11.4. The van der Waals surface area contributed by atoms with E-state index in [4.69, 9.17) is 4.74 Å². The Morgan fingerprint density at radius 2 is 1.93 bits per heavy atom. The summed E-state index contributed by atoms with van der Waals surface area (Å²) in [6.07, 6.45) is 4.59. The van der Waals surface area contributed by atoms with Gasteiger partial charge in [-0.15, -0.1) is 0 Å². The van der Waals surface area contributed by atoms with Crippen LogP contribution in [0.4, 0.5) is 11.4 Å². The summed E-state index contributed by atoms with van der Waals surface area (Å²) in [5.74, 6) is 0.396. The molecular weight excluding hydrogens is 366 g/mol. The number of aromatic nitrogens is 1. The highest BCUT2D eigenvalue weighted by Gasteiger charge is 2.13. The summed E-state index contributed by atoms with van der Waals surface area (Å²) in [6.45, 7) is 0.